The van der Waals surface area contributed by atoms with Gasteiger partial charge in [-0.1, -0.05) is 58.9 Å². The molecule has 0 saturated heterocycles. The van der Waals surface area contributed by atoms with Gasteiger partial charge in [-0.25, -0.2) is 0 Å². The molecule has 0 aliphatic carbocycles. The summed E-state index contributed by atoms with van der Waals surface area (Å²) in [4.78, 5) is 26.0. The molecule has 0 bridgehead atoms. The Morgan fingerprint density at radius 2 is 1.54 bits per heavy atom. The average molecular weight is 390 g/mol. The zero-order valence-corrected chi connectivity index (χ0v) is 19.1. The highest BCUT2D eigenvalue weighted by Crippen LogP contribution is 2.26. The zero-order chi connectivity index (χ0) is 21.7. The summed E-state index contributed by atoms with van der Waals surface area (Å²) in [5, 5.41) is 6.25. The second-order valence-electron chi connectivity index (χ2n) is 10.0. The molecule has 0 aliphatic rings. The summed E-state index contributed by atoms with van der Waals surface area (Å²) in [5.74, 6) is 0.0883. The molecule has 1 unspecified atom stereocenters. The van der Waals surface area contributed by atoms with E-state index in [1.807, 2.05) is 20.8 Å². The molecule has 0 saturated carbocycles. The molecule has 0 heterocycles. The van der Waals surface area contributed by atoms with Crippen LogP contribution in [0.15, 0.2) is 24.3 Å². The normalized spacial score (nSPS) is 13.4. The Morgan fingerprint density at radius 3 is 1.96 bits per heavy atom. The van der Waals surface area contributed by atoms with Crippen LogP contribution >= 0.6 is 0 Å². The van der Waals surface area contributed by atoms with E-state index in [1.165, 1.54) is 16.0 Å². The first-order chi connectivity index (χ1) is 12.7. The third-order valence-corrected chi connectivity index (χ3v) is 4.60. The smallest absolute Gasteiger partial charge is 0.240 e. The van der Waals surface area contributed by atoms with Gasteiger partial charge in [-0.05, 0) is 43.2 Å². The number of carbonyl (C=O) groups excluding carboxylic acids is 2. The predicted octanol–water partition coefficient (Wildman–Crippen LogP) is 3.64. The van der Waals surface area contributed by atoms with E-state index in [0.29, 0.717) is 5.92 Å². The number of likely N-dealkylation sites (N-methyl/N-ethyl adjacent to an activating group) is 1. The summed E-state index contributed by atoms with van der Waals surface area (Å²) in [6.45, 7) is 16.9. The lowest BCUT2D eigenvalue weighted by Gasteiger charge is -2.26. The molecule has 28 heavy (non-hydrogen) atoms. The number of hydrogen-bond donors (Lipinski definition) is 2. The van der Waals surface area contributed by atoms with Crippen LogP contribution in [-0.4, -0.2) is 42.4 Å². The van der Waals surface area contributed by atoms with Crippen molar-refractivity contribution in [2.24, 2.45) is 5.92 Å². The van der Waals surface area contributed by atoms with Crippen LogP contribution in [0.1, 0.15) is 72.6 Å². The lowest BCUT2D eigenvalue weighted by molar-refractivity contribution is -0.134. The van der Waals surface area contributed by atoms with E-state index in [0.717, 1.165) is 0 Å². The van der Waals surface area contributed by atoms with Crippen LogP contribution < -0.4 is 10.6 Å². The van der Waals surface area contributed by atoms with Crippen LogP contribution in [0.5, 0.6) is 0 Å². The topological polar surface area (TPSA) is 61.4 Å². The molecule has 0 radical (unpaired) electrons. The van der Waals surface area contributed by atoms with Crippen LogP contribution in [0.4, 0.5) is 0 Å². The highest BCUT2D eigenvalue weighted by Gasteiger charge is 2.21. The largest absolute Gasteiger partial charge is 0.350 e. The molecule has 1 aromatic rings. The van der Waals surface area contributed by atoms with E-state index in [1.54, 1.807) is 7.05 Å². The van der Waals surface area contributed by atoms with Crippen molar-refractivity contribution < 1.29 is 9.59 Å². The third-order valence-electron chi connectivity index (χ3n) is 4.60. The van der Waals surface area contributed by atoms with E-state index >= 15 is 0 Å². The van der Waals surface area contributed by atoms with Gasteiger partial charge >= 0.3 is 0 Å². The van der Waals surface area contributed by atoms with E-state index < -0.39 is 0 Å². The lowest BCUT2D eigenvalue weighted by Crippen LogP contribution is -2.47. The number of benzene rings is 1. The van der Waals surface area contributed by atoms with Crippen molar-refractivity contribution in [3.05, 3.63) is 35.4 Å². The van der Waals surface area contributed by atoms with Crippen LogP contribution in [0.3, 0.4) is 0 Å². The fourth-order valence-corrected chi connectivity index (χ4v) is 3.02. The summed E-state index contributed by atoms with van der Waals surface area (Å²) in [7, 11) is 1.66. The maximum absolute atomic E-state index is 12.5. The highest BCUT2D eigenvalue weighted by atomic mass is 16.2. The molecule has 2 N–H and O–H groups in total. The fraction of sp³-hybridized carbons (Fsp3) is 0.652. The molecule has 0 aromatic heterocycles. The first kappa shape index (κ1) is 24.2. The summed E-state index contributed by atoms with van der Waals surface area (Å²) in [6, 6.07) is 8.69. The highest BCUT2D eigenvalue weighted by molar-refractivity contribution is 5.85. The quantitative estimate of drug-likeness (QED) is 0.748. The second kappa shape index (κ2) is 9.55. The number of rotatable bonds is 7. The first-order valence-corrected chi connectivity index (χ1v) is 10.1. The number of hydrogen-bond acceptors (Lipinski definition) is 3. The molecule has 1 atom stereocenters. The molecule has 5 nitrogen and oxygen atoms in total. The molecule has 2 amide bonds. The van der Waals surface area contributed by atoms with E-state index in [2.05, 4.69) is 69.5 Å². The van der Waals surface area contributed by atoms with Crippen molar-refractivity contribution in [2.45, 2.75) is 72.4 Å². The maximum Gasteiger partial charge on any atom is 0.240 e. The van der Waals surface area contributed by atoms with Crippen LogP contribution in [0.2, 0.25) is 0 Å². The van der Waals surface area contributed by atoms with Crippen molar-refractivity contribution in [2.75, 3.05) is 20.1 Å². The minimum Gasteiger partial charge on any atom is -0.350 e. The monoisotopic (exact) mass is 389 g/mol. The predicted molar refractivity (Wildman–Crippen MR) is 116 cm³/mol. The van der Waals surface area contributed by atoms with Gasteiger partial charge in [-0.3, -0.25) is 9.59 Å². The van der Waals surface area contributed by atoms with Gasteiger partial charge in [0.2, 0.25) is 11.8 Å². The number of nitrogens with one attached hydrogen (secondary N) is 2. The Balaban J connectivity index is 2.70. The van der Waals surface area contributed by atoms with Crippen LogP contribution in [0, 0.1) is 5.92 Å². The van der Waals surface area contributed by atoms with Crippen molar-refractivity contribution in [1.29, 1.82) is 0 Å². The summed E-state index contributed by atoms with van der Waals surface area (Å²) in [5.41, 5.74) is 2.27. The van der Waals surface area contributed by atoms with E-state index in [4.69, 9.17) is 0 Å². The minimum atomic E-state index is -0.304. The molecule has 0 fully saturated rings. The Kier molecular flexibility index (Phi) is 8.24. The Hall–Kier alpha value is -1.88. The lowest BCUT2D eigenvalue weighted by atomic mass is 9.85. The molecular formula is C23H39N3O2. The zero-order valence-electron chi connectivity index (χ0n) is 19.1. The SMILES string of the molecule is CC(C)C(NCC(=O)N(C)CC(=O)NC(C)(C)C)c1ccc(C(C)(C)C)cc1. The summed E-state index contributed by atoms with van der Waals surface area (Å²) in [6.07, 6.45) is 0. The van der Waals surface area contributed by atoms with Crippen LogP contribution in [-0.2, 0) is 15.0 Å². The second-order valence-corrected chi connectivity index (χ2v) is 10.0. The molecule has 0 spiro atoms. The summed E-state index contributed by atoms with van der Waals surface area (Å²) >= 11 is 0. The summed E-state index contributed by atoms with van der Waals surface area (Å²) < 4.78 is 0. The fourth-order valence-electron chi connectivity index (χ4n) is 3.02. The number of carbonyl (C=O) groups is 2. The van der Waals surface area contributed by atoms with Gasteiger partial charge in [0, 0.05) is 18.6 Å². The van der Waals surface area contributed by atoms with Gasteiger partial charge in [-0.2, -0.15) is 0 Å². The van der Waals surface area contributed by atoms with Gasteiger partial charge in [0.15, 0.2) is 0 Å². The van der Waals surface area contributed by atoms with E-state index in [-0.39, 0.29) is 41.9 Å². The number of amides is 2. The maximum atomic E-state index is 12.5. The van der Waals surface area contributed by atoms with Gasteiger partial charge < -0.3 is 15.5 Å². The van der Waals surface area contributed by atoms with Gasteiger partial charge in [-0.15, -0.1) is 0 Å². The first-order valence-electron chi connectivity index (χ1n) is 10.1. The van der Waals surface area contributed by atoms with Crippen molar-refractivity contribution >= 4 is 11.8 Å². The molecule has 158 valence electrons. The third kappa shape index (κ3) is 8.01. The number of nitrogens with zero attached hydrogens (tertiary/aromatic N) is 1. The van der Waals surface area contributed by atoms with Crippen molar-refractivity contribution in [1.82, 2.24) is 15.5 Å². The molecule has 1 aromatic carbocycles. The van der Waals surface area contributed by atoms with Gasteiger partial charge in [0.05, 0.1) is 13.1 Å². The van der Waals surface area contributed by atoms with Crippen molar-refractivity contribution in [3.8, 4) is 0 Å². The molecular weight excluding hydrogens is 350 g/mol. The minimum absolute atomic E-state index is 0.0599. The standard InChI is InChI=1S/C23H39N3O2/c1-16(2)21(17-10-12-18(13-11-17)22(3,4)5)24-14-20(28)26(9)15-19(27)25-23(6,7)8/h10-13,16,21,24H,14-15H2,1-9H3,(H,25,27). The average Bonchev–Trinajstić information content (AvgIpc) is 2.52. The van der Waals surface area contributed by atoms with Crippen LogP contribution in [0.25, 0.3) is 0 Å². The molecule has 0 aliphatic heterocycles. The molecule has 1 rings (SSSR count). The van der Waals surface area contributed by atoms with E-state index in [9.17, 15) is 9.59 Å². The Bertz CT molecular complexity index is 652. The van der Waals surface area contributed by atoms with Gasteiger partial charge in [0.25, 0.3) is 0 Å². The Morgan fingerprint density at radius 1 is 1.00 bits per heavy atom. The van der Waals surface area contributed by atoms with Crippen molar-refractivity contribution in [3.63, 3.8) is 0 Å². The molecule has 5 heteroatoms. The Labute approximate surface area is 171 Å². The van der Waals surface area contributed by atoms with Gasteiger partial charge in [0.1, 0.15) is 0 Å².